The summed E-state index contributed by atoms with van der Waals surface area (Å²) in [7, 11) is 0. The normalized spacial score (nSPS) is 18.1. The molecule has 2 atom stereocenters. The van der Waals surface area contributed by atoms with Gasteiger partial charge in [-0.1, -0.05) is 26.2 Å². The second-order valence-electron chi connectivity index (χ2n) is 7.40. The Morgan fingerprint density at radius 2 is 1.95 bits per heavy atom. The summed E-state index contributed by atoms with van der Waals surface area (Å²) in [6, 6.07) is 0.715. The van der Waals surface area contributed by atoms with Crippen molar-refractivity contribution in [2.75, 3.05) is 6.54 Å². The van der Waals surface area contributed by atoms with E-state index in [0.29, 0.717) is 12.0 Å². The Morgan fingerprint density at radius 1 is 1.29 bits per heavy atom. The lowest BCUT2D eigenvalue weighted by atomic mass is 10.1. The Hall–Kier alpha value is -0.770. The first-order chi connectivity index (χ1) is 9.81. The molecule has 2 N–H and O–H groups in total. The zero-order valence-electron chi connectivity index (χ0n) is 14.5. The summed E-state index contributed by atoms with van der Waals surface area (Å²) < 4.78 is 5.35. The molecule has 0 aromatic heterocycles. The van der Waals surface area contributed by atoms with E-state index >= 15 is 0 Å². The van der Waals surface area contributed by atoms with E-state index in [1.54, 1.807) is 0 Å². The molecule has 124 valence electrons. The summed E-state index contributed by atoms with van der Waals surface area (Å²) >= 11 is 0. The van der Waals surface area contributed by atoms with Gasteiger partial charge < -0.3 is 15.4 Å². The highest BCUT2D eigenvalue weighted by atomic mass is 16.6. The summed E-state index contributed by atoms with van der Waals surface area (Å²) in [4.78, 5) is 11.9. The van der Waals surface area contributed by atoms with Crippen LogP contribution >= 0.6 is 0 Å². The maximum Gasteiger partial charge on any atom is 0.407 e. The first-order valence-corrected chi connectivity index (χ1v) is 8.54. The first-order valence-electron chi connectivity index (χ1n) is 8.54. The monoisotopic (exact) mass is 298 g/mol. The molecule has 4 nitrogen and oxygen atoms in total. The average Bonchev–Trinajstić information content (AvgIpc) is 3.16. The standard InChI is InChI=1S/C17H34N2O2/c1-6-7-8-9-13(2)18-12-15(14-10-11-14)19-16(20)21-17(3,4)5/h13-15,18H,6-12H2,1-5H3,(H,19,20). The van der Waals surface area contributed by atoms with E-state index in [2.05, 4.69) is 24.5 Å². The van der Waals surface area contributed by atoms with Gasteiger partial charge in [0, 0.05) is 18.6 Å². The van der Waals surface area contributed by atoms with Gasteiger partial charge in [0.2, 0.25) is 0 Å². The summed E-state index contributed by atoms with van der Waals surface area (Å²) in [5, 5.41) is 6.60. The Bertz CT molecular complexity index is 308. The van der Waals surface area contributed by atoms with Crippen molar-refractivity contribution in [1.82, 2.24) is 10.6 Å². The molecule has 2 unspecified atom stereocenters. The van der Waals surface area contributed by atoms with Gasteiger partial charge >= 0.3 is 6.09 Å². The molecule has 21 heavy (non-hydrogen) atoms. The summed E-state index contributed by atoms with van der Waals surface area (Å²) in [6.07, 6.45) is 7.18. The fourth-order valence-corrected chi connectivity index (χ4v) is 2.42. The largest absolute Gasteiger partial charge is 0.444 e. The van der Waals surface area contributed by atoms with Gasteiger partial charge in [-0.15, -0.1) is 0 Å². The fourth-order valence-electron chi connectivity index (χ4n) is 2.42. The molecule has 0 heterocycles. The molecule has 0 aliphatic heterocycles. The number of carbonyl (C=O) groups excluding carboxylic acids is 1. The maximum absolute atomic E-state index is 11.9. The van der Waals surface area contributed by atoms with Gasteiger partial charge in [-0.25, -0.2) is 4.79 Å². The van der Waals surface area contributed by atoms with Crippen molar-refractivity contribution >= 4 is 6.09 Å². The second-order valence-corrected chi connectivity index (χ2v) is 7.40. The molecule has 0 bridgehead atoms. The van der Waals surface area contributed by atoms with Crippen molar-refractivity contribution in [2.45, 2.75) is 90.8 Å². The molecular formula is C17H34N2O2. The van der Waals surface area contributed by atoms with Crippen LogP contribution < -0.4 is 10.6 Å². The molecule has 1 fully saturated rings. The van der Waals surface area contributed by atoms with E-state index in [0.717, 1.165) is 6.54 Å². The average molecular weight is 298 g/mol. The van der Waals surface area contributed by atoms with E-state index in [-0.39, 0.29) is 12.1 Å². The third-order valence-corrected chi connectivity index (χ3v) is 3.82. The third-order valence-electron chi connectivity index (χ3n) is 3.82. The van der Waals surface area contributed by atoms with Crippen LogP contribution in [0, 0.1) is 5.92 Å². The van der Waals surface area contributed by atoms with Crippen LogP contribution in [0.2, 0.25) is 0 Å². The number of amides is 1. The summed E-state index contributed by atoms with van der Waals surface area (Å²) in [5.41, 5.74) is -0.431. The molecule has 1 aliphatic rings. The van der Waals surface area contributed by atoms with Crippen LogP contribution in [-0.2, 0) is 4.74 Å². The highest BCUT2D eigenvalue weighted by molar-refractivity contribution is 5.68. The van der Waals surface area contributed by atoms with Crippen molar-refractivity contribution in [3.05, 3.63) is 0 Å². The predicted octanol–water partition coefficient (Wildman–Crippen LogP) is 3.85. The molecule has 1 saturated carbocycles. The number of nitrogens with one attached hydrogen (secondary N) is 2. The van der Waals surface area contributed by atoms with Crippen molar-refractivity contribution in [1.29, 1.82) is 0 Å². The fraction of sp³-hybridized carbons (Fsp3) is 0.941. The van der Waals surface area contributed by atoms with Gasteiger partial charge in [-0.2, -0.15) is 0 Å². The van der Waals surface area contributed by atoms with Crippen LogP contribution in [0.15, 0.2) is 0 Å². The zero-order chi connectivity index (χ0) is 15.9. The van der Waals surface area contributed by atoms with Crippen molar-refractivity contribution < 1.29 is 9.53 Å². The lowest BCUT2D eigenvalue weighted by molar-refractivity contribution is 0.0496. The lowest BCUT2D eigenvalue weighted by Crippen LogP contribution is -2.47. The van der Waals surface area contributed by atoms with Crippen LogP contribution in [-0.4, -0.2) is 30.3 Å². The number of hydrogen-bond acceptors (Lipinski definition) is 3. The van der Waals surface area contributed by atoms with Crippen LogP contribution in [0.4, 0.5) is 4.79 Å². The Kier molecular flexibility index (Phi) is 7.50. The highest BCUT2D eigenvalue weighted by Gasteiger charge is 2.33. The smallest absolute Gasteiger partial charge is 0.407 e. The molecule has 1 aliphatic carbocycles. The molecule has 0 aromatic carbocycles. The Morgan fingerprint density at radius 3 is 2.48 bits per heavy atom. The second kappa shape index (κ2) is 8.62. The van der Waals surface area contributed by atoms with E-state index in [1.165, 1.54) is 38.5 Å². The third kappa shape index (κ3) is 8.97. The van der Waals surface area contributed by atoms with Crippen LogP contribution in [0.1, 0.15) is 73.1 Å². The van der Waals surface area contributed by atoms with Crippen molar-refractivity contribution in [2.24, 2.45) is 5.92 Å². The number of ether oxygens (including phenoxy) is 1. The molecule has 0 saturated heterocycles. The van der Waals surface area contributed by atoms with Crippen LogP contribution in [0.3, 0.4) is 0 Å². The van der Waals surface area contributed by atoms with Crippen molar-refractivity contribution in [3.8, 4) is 0 Å². The minimum Gasteiger partial charge on any atom is -0.444 e. The van der Waals surface area contributed by atoms with Crippen molar-refractivity contribution in [3.63, 3.8) is 0 Å². The first kappa shape index (κ1) is 18.3. The molecule has 0 spiro atoms. The topological polar surface area (TPSA) is 50.4 Å². The van der Waals surface area contributed by atoms with Crippen LogP contribution in [0.5, 0.6) is 0 Å². The van der Waals surface area contributed by atoms with E-state index in [9.17, 15) is 4.79 Å². The number of carbonyl (C=O) groups is 1. The van der Waals surface area contributed by atoms with Crippen LogP contribution in [0.25, 0.3) is 0 Å². The maximum atomic E-state index is 11.9. The number of rotatable bonds is 9. The number of unbranched alkanes of at least 4 members (excludes halogenated alkanes) is 2. The SMILES string of the molecule is CCCCCC(C)NCC(NC(=O)OC(C)(C)C)C1CC1. The van der Waals surface area contributed by atoms with Gasteiger partial charge in [0.25, 0.3) is 0 Å². The molecule has 1 amide bonds. The minimum atomic E-state index is -0.431. The van der Waals surface area contributed by atoms with E-state index < -0.39 is 5.60 Å². The Balaban J connectivity index is 2.28. The van der Waals surface area contributed by atoms with E-state index in [1.807, 2.05) is 20.8 Å². The molecule has 0 radical (unpaired) electrons. The number of alkyl carbamates (subject to hydrolysis) is 1. The van der Waals surface area contributed by atoms with Gasteiger partial charge in [0.1, 0.15) is 5.60 Å². The zero-order valence-corrected chi connectivity index (χ0v) is 14.5. The van der Waals surface area contributed by atoms with Gasteiger partial charge in [-0.3, -0.25) is 0 Å². The predicted molar refractivity (Wildman–Crippen MR) is 87.5 cm³/mol. The molecular weight excluding hydrogens is 264 g/mol. The van der Waals surface area contributed by atoms with Gasteiger partial charge in [0.05, 0.1) is 0 Å². The molecule has 0 aromatic rings. The van der Waals surface area contributed by atoms with Gasteiger partial charge in [0.15, 0.2) is 0 Å². The molecule has 4 heteroatoms. The number of hydrogen-bond donors (Lipinski definition) is 2. The minimum absolute atomic E-state index is 0.202. The van der Waals surface area contributed by atoms with E-state index in [4.69, 9.17) is 4.74 Å². The molecule has 1 rings (SSSR count). The van der Waals surface area contributed by atoms with Gasteiger partial charge in [-0.05, 0) is 52.9 Å². The highest BCUT2D eigenvalue weighted by Crippen LogP contribution is 2.32. The lowest BCUT2D eigenvalue weighted by Gasteiger charge is -2.25. The summed E-state index contributed by atoms with van der Waals surface area (Å²) in [6.45, 7) is 11.0. The Labute approximate surface area is 130 Å². The summed E-state index contributed by atoms with van der Waals surface area (Å²) in [5.74, 6) is 0.618. The quantitative estimate of drug-likeness (QED) is 0.636.